The standard InChI is InChI=1S/C23H20F2N4O5S/c1-35(31,32)28-21(30)19-20(16-6-7-16)34-23(27-19)29(17-8-2-14(12-26)3-9-17)13-15-4-10-18(11-5-15)33-22(24)25/h2-5,8-11,16,22H,6-7,13H2,1H3,(H,28,30). The van der Waals surface area contributed by atoms with Gasteiger partial charge in [0.15, 0.2) is 5.69 Å². The van der Waals surface area contributed by atoms with Gasteiger partial charge in [0.1, 0.15) is 11.5 Å². The number of anilines is 2. The van der Waals surface area contributed by atoms with Crippen LogP contribution in [0.4, 0.5) is 20.5 Å². The molecule has 9 nitrogen and oxygen atoms in total. The van der Waals surface area contributed by atoms with E-state index in [1.54, 1.807) is 41.3 Å². The van der Waals surface area contributed by atoms with Gasteiger partial charge in [-0.15, -0.1) is 0 Å². The van der Waals surface area contributed by atoms with Crippen LogP contribution in [0, 0.1) is 11.3 Å². The van der Waals surface area contributed by atoms with Crippen LogP contribution >= 0.6 is 0 Å². The van der Waals surface area contributed by atoms with Gasteiger partial charge in [-0.05, 0) is 54.8 Å². The second-order valence-corrected chi connectivity index (χ2v) is 9.70. The van der Waals surface area contributed by atoms with E-state index in [0.29, 0.717) is 22.6 Å². The first-order valence-electron chi connectivity index (χ1n) is 10.5. The summed E-state index contributed by atoms with van der Waals surface area (Å²) in [5, 5.41) is 9.12. The summed E-state index contributed by atoms with van der Waals surface area (Å²) in [7, 11) is -3.82. The molecule has 1 saturated carbocycles. The number of nitrogens with zero attached hydrogens (tertiary/aromatic N) is 3. The van der Waals surface area contributed by atoms with Crippen molar-refractivity contribution < 1.29 is 31.1 Å². The molecule has 0 unspecified atom stereocenters. The lowest BCUT2D eigenvalue weighted by Crippen LogP contribution is -2.30. The number of amides is 1. The Morgan fingerprint density at radius 2 is 1.89 bits per heavy atom. The monoisotopic (exact) mass is 502 g/mol. The van der Waals surface area contributed by atoms with Crippen LogP contribution in [0.25, 0.3) is 0 Å². The molecule has 1 aliphatic rings. The molecular formula is C23H20F2N4O5S. The third kappa shape index (κ3) is 6.13. The normalized spacial score (nSPS) is 13.3. The Morgan fingerprint density at radius 1 is 1.23 bits per heavy atom. The largest absolute Gasteiger partial charge is 0.435 e. The molecule has 0 atom stereocenters. The van der Waals surface area contributed by atoms with Gasteiger partial charge >= 0.3 is 12.6 Å². The number of hydrogen-bond acceptors (Lipinski definition) is 8. The van der Waals surface area contributed by atoms with Gasteiger partial charge in [0.05, 0.1) is 24.4 Å². The molecule has 0 bridgehead atoms. The topological polar surface area (TPSA) is 126 Å². The predicted octanol–water partition coefficient (Wildman–Crippen LogP) is 4.05. The fourth-order valence-corrected chi connectivity index (χ4v) is 3.81. The lowest BCUT2D eigenvalue weighted by molar-refractivity contribution is -0.0498. The van der Waals surface area contributed by atoms with E-state index in [2.05, 4.69) is 9.72 Å². The lowest BCUT2D eigenvalue weighted by atomic mass is 10.1. The zero-order valence-electron chi connectivity index (χ0n) is 18.4. The number of sulfonamides is 1. The summed E-state index contributed by atoms with van der Waals surface area (Å²) in [5.41, 5.74) is 1.58. The van der Waals surface area contributed by atoms with Crippen molar-refractivity contribution in [1.29, 1.82) is 5.26 Å². The SMILES string of the molecule is CS(=O)(=O)NC(=O)c1nc(N(Cc2ccc(OC(F)F)cc2)c2ccc(C#N)cc2)oc1C1CC1. The first-order chi connectivity index (χ1) is 16.6. The van der Waals surface area contributed by atoms with E-state index in [1.165, 1.54) is 12.1 Å². The Morgan fingerprint density at radius 3 is 2.43 bits per heavy atom. The third-order valence-corrected chi connectivity index (χ3v) is 5.67. The molecule has 4 rings (SSSR count). The van der Waals surface area contributed by atoms with Gasteiger partial charge in [-0.2, -0.15) is 19.0 Å². The highest BCUT2D eigenvalue weighted by atomic mass is 32.2. The van der Waals surface area contributed by atoms with Crippen molar-refractivity contribution in [3.8, 4) is 11.8 Å². The highest BCUT2D eigenvalue weighted by molar-refractivity contribution is 7.89. The van der Waals surface area contributed by atoms with E-state index < -0.39 is 22.5 Å². The third-order valence-electron chi connectivity index (χ3n) is 5.11. The van der Waals surface area contributed by atoms with Gasteiger partial charge in [-0.3, -0.25) is 9.69 Å². The van der Waals surface area contributed by atoms with Gasteiger partial charge in [-0.1, -0.05) is 12.1 Å². The molecule has 1 aliphatic carbocycles. The molecule has 0 spiro atoms. The van der Waals surface area contributed by atoms with Crippen molar-refractivity contribution >= 4 is 27.6 Å². The van der Waals surface area contributed by atoms with Crippen molar-refractivity contribution in [2.24, 2.45) is 0 Å². The van der Waals surface area contributed by atoms with Crippen LogP contribution in [-0.4, -0.2) is 32.2 Å². The number of benzene rings is 2. The van der Waals surface area contributed by atoms with E-state index in [0.717, 1.165) is 19.1 Å². The molecule has 12 heteroatoms. The van der Waals surface area contributed by atoms with E-state index in [9.17, 15) is 22.0 Å². The fraction of sp³-hybridized carbons (Fsp3) is 0.261. The minimum Gasteiger partial charge on any atom is -0.435 e. The summed E-state index contributed by atoms with van der Waals surface area (Å²) in [6.07, 6.45) is 2.42. The van der Waals surface area contributed by atoms with Crippen molar-refractivity contribution in [2.45, 2.75) is 31.9 Å². The number of halogens is 2. The number of ether oxygens (including phenoxy) is 1. The zero-order chi connectivity index (χ0) is 25.2. The van der Waals surface area contributed by atoms with Crippen LogP contribution < -0.4 is 14.4 Å². The number of aromatic nitrogens is 1. The van der Waals surface area contributed by atoms with Crippen LogP contribution in [0.3, 0.4) is 0 Å². The molecule has 1 N–H and O–H groups in total. The molecule has 3 aromatic rings. The minimum absolute atomic E-state index is 0.000508. The first-order valence-corrected chi connectivity index (χ1v) is 12.4. The number of carbonyl (C=O) groups is 1. The molecule has 35 heavy (non-hydrogen) atoms. The molecule has 1 fully saturated rings. The van der Waals surface area contributed by atoms with Gasteiger partial charge in [0.25, 0.3) is 5.91 Å². The minimum atomic E-state index is -3.82. The van der Waals surface area contributed by atoms with Crippen LogP contribution in [0.1, 0.15) is 46.1 Å². The Bertz CT molecular complexity index is 1360. The molecule has 0 aliphatic heterocycles. The quantitative estimate of drug-likeness (QED) is 0.465. The number of oxazole rings is 1. The van der Waals surface area contributed by atoms with Gasteiger partial charge in [0, 0.05) is 11.6 Å². The molecule has 0 saturated heterocycles. The summed E-state index contributed by atoms with van der Waals surface area (Å²) < 4.78 is 60.4. The number of hydrogen-bond donors (Lipinski definition) is 1. The predicted molar refractivity (Wildman–Crippen MR) is 121 cm³/mol. The van der Waals surface area contributed by atoms with Crippen LogP contribution in [0.5, 0.6) is 5.75 Å². The Labute approximate surface area is 200 Å². The second kappa shape index (κ2) is 9.71. The molecule has 1 amide bonds. The van der Waals surface area contributed by atoms with Gasteiger partial charge in [-0.25, -0.2) is 13.1 Å². The average molecular weight is 502 g/mol. The Balaban J connectivity index is 1.71. The highest BCUT2D eigenvalue weighted by Crippen LogP contribution is 2.44. The van der Waals surface area contributed by atoms with Crippen molar-refractivity contribution in [3.05, 3.63) is 71.1 Å². The van der Waals surface area contributed by atoms with Crippen LogP contribution in [0.2, 0.25) is 0 Å². The maximum absolute atomic E-state index is 12.6. The highest BCUT2D eigenvalue weighted by Gasteiger charge is 2.35. The molecule has 1 aromatic heterocycles. The van der Waals surface area contributed by atoms with Crippen LogP contribution in [-0.2, 0) is 16.6 Å². The Kier molecular flexibility index (Phi) is 6.70. The number of rotatable bonds is 9. The van der Waals surface area contributed by atoms with Crippen molar-refractivity contribution in [3.63, 3.8) is 0 Å². The second-order valence-electron chi connectivity index (χ2n) is 7.95. The summed E-state index contributed by atoms with van der Waals surface area (Å²) in [6, 6.07) is 14.6. The fourth-order valence-electron chi connectivity index (χ4n) is 3.38. The number of nitrogens with one attached hydrogen (secondary N) is 1. The van der Waals surface area contributed by atoms with Gasteiger partial charge < -0.3 is 9.15 Å². The lowest BCUT2D eigenvalue weighted by Gasteiger charge is -2.21. The average Bonchev–Trinajstić information content (AvgIpc) is 3.55. The summed E-state index contributed by atoms with van der Waals surface area (Å²) >= 11 is 0. The number of nitriles is 1. The van der Waals surface area contributed by atoms with E-state index in [-0.39, 0.29) is 29.9 Å². The van der Waals surface area contributed by atoms with Crippen LogP contribution in [0.15, 0.2) is 52.9 Å². The molecular weight excluding hydrogens is 482 g/mol. The van der Waals surface area contributed by atoms with Crippen molar-refractivity contribution in [1.82, 2.24) is 9.71 Å². The van der Waals surface area contributed by atoms with E-state index >= 15 is 0 Å². The molecule has 1 heterocycles. The first kappa shape index (κ1) is 24.2. The van der Waals surface area contributed by atoms with E-state index in [4.69, 9.17) is 9.68 Å². The molecule has 182 valence electrons. The summed E-state index contributed by atoms with van der Waals surface area (Å²) in [4.78, 5) is 18.6. The zero-order valence-corrected chi connectivity index (χ0v) is 19.3. The maximum atomic E-state index is 12.6. The Hall–Kier alpha value is -3.98. The molecule has 0 radical (unpaired) electrons. The van der Waals surface area contributed by atoms with E-state index in [1.807, 2.05) is 10.8 Å². The summed E-state index contributed by atoms with van der Waals surface area (Å²) in [5.74, 6) is -0.649. The molecule has 2 aromatic carbocycles. The number of carbonyl (C=O) groups excluding carboxylic acids is 1. The summed E-state index contributed by atoms with van der Waals surface area (Å²) in [6.45, 7) is -2.78. The maximum Gasteiger partial charge on any atom is 0.387 e. The smallest absolute Gasteiger partial charge is 0.387 e. The van der Waals surface area contributed by atoms with Crippen molar-refractivity contribution in [2.75, 3.05) is 11.2 Å². The van der Waals surface area contributed by atoms with Gasteiger partial charge in [0.2, 0.25) is 10.0 Å². The number of alkyl halides is 2.